The fourth-order valence-electron chi connectivity index (χ4n) is 2.91. The molecule has 0 amide bonds. The predicted octanol–water partition coefficient (Wildman–Crippen LogP) is 3.06. The lowest BCUT2D eigenvalue weighted by Gasteiger charge is -2.23. The van der Waals surface area contributed by atoms with Gasteiger partial charge in [-0.15, -0.1) is 14.8 Å². The van der Waals surface area contributed by atoms with Crippen LogP contribution in [0.4, 0.5) is 5.69 Å². The molecule has 2 heterocycles. The summed E-state index contributed by atoms with van der Waals surface area (Å²) in [6.45, 7) is 0. The monoisotopic (exact) mass is 310 g/mol. The van der Waals surface area contributed by atoms with Crippen molar-refractivity contribution in [1.82, 2.24) is 25.3 Å². The summed E-state index contributed by atoms with van der Waals surface area (Å²) in [6.07, 6.45) is 6.53. The Balaban J connectivity index is 1.42. The summed E-state index contributed by atoms with van der Waals surface area (Å²) in [5, 5.41) is 18.9. The van der Waals surface area contributed by atoms with Crippen LogP contribution in [0.2, 0.25) is 0 Å². The third kappa shape index (κ3) is 3.23. The normalized spacial score (nSPS) is 15.7. The second kappa shape index (κ2) is 6.20. The molecule has 7 nitrogen and oxygen atoms in total. The van der Waals surface area contributed by atoms with E-state index in [-0.39, 0.29) is 0 Å². The van der Waals surface area contributed by atoms with Crippen molar-refractivity contribution < 1.29 is 4.74 Å². The number of rotatable bonds is 4. The molecule has 1 saturated carbocycles. The van der Waals surface area contributed by atoms with E-state index in [0.29, 0.717) is 17.6 Å². The summed E-state index contributed by atoms with van der Waals surface area (Å²) >= 11 is 0. The van der Waals surface area contributed by atoms with E-state index < -0.39 is 0 Å². The van der Waals surface area contributed by atoms with Crippen molar-refractivity contribution in [2.24, 2.45) is 0 Å². The van der Waals surface area contributed by atoms with E-state index in [9.17, 15) is 0 Å². The minimum atomic E-state index is 0.456. The first-order valence-corrected chi connectivity index (χ1v) is 7.97. The number of ether oxygens (including phenoxy) is 1. The maximum atomic E-state index is 5.75. The maximum Gasteiger partial charge on any atom is 0.239 e. The van der Waals surface area contributed by atoms with Gasteiger partial charge in [-0.05, 0) is 53.6 Å². The smallest absolute Gasteiger partial charge is 0.239 e. The van der Waals surface area contributed by atoms with E-state index in [4.69, 9.17) is 4.74 Å². The number of tetrazole rings is 1. The molecule has 1 N–H and O–H groups in total. The van der Waals surface area contributed by atoms with Gasteiger partial charge in [-0.25, -0.2) is 0 Å². The SMILES string of the molecule is c1cc(Oc2ccc3nnnn3n2)ccc1NC1CCCCC1. The van der Waals surface area contributed by atoms with Crippen LogP contribution < -0.4 is 10.1 Å². The summed E-state index contributed by atoms with van der Waals surface area (Å²) in [5.41, 5.74) is 1.72. The van der Waals surface area contributed by atoms with E-state index in [1.165, 1.54) is 36.7 Å². The Bertz CT molecular complexity index is 779. The molecule has 0 saturated heterocycles. The molecule has 23 heavy (non-hydrogen) atoms. The number of nitrogens with zero attached hydrogens (tertiary/aromatic N) is 5. The molecular weight excluding hydrogens is 292 g/mol. The molecule has 4 rings (SSSR count). The molecule has 0 bridgehead atoms. The lowest BCUT2D eigenvalue weighted by Crippen LogP contribution is -2.22. The van der Waals surface area contributed by atoms with Gasteiger partial charge in [-0.3, -0.25) is 0 Å². The number of hydrogen-bond donors (Lipinski definition) is 1. The lowest BCUT2D eigenvalue weighted by molar-refractivity contribution is 0.446. The van der Waals surface area contributed by atoms with Crippen LogP contribution >= 0.6 is 0 Å². The number of hydrogen-bond acceptors (Lipinski definition) is 6. The summed E-state index contributed by atoms with van der Waals surface area (Å²) in [6, 6.07) is 12.1. The van der Waals surface area contributed by atoms with E-state index >= 15 is 0 Å². The van der Waals surface area contributed by atoms with Crippen LogP contribution in [0.15, 0.2) is 36.4 Å². The van der Waals surface area contributed by atoms with Crippen molar-refractivity contribution in [1.29, 1.82) is 0 Å². The Morgan fingerprint density at radius 3 is 2.65 bits per heavy atom. The quantitative estimate of drug-likeness (QED) is 0.798. The Kier molecular flexibility index (Phi) is 3.75. The highest BCUT2D eigenvalue weighted by Crippen LogP contribution is 2.24. The average molecular weight is 310 g/mol. The summed E-state index contributed by atoms with van der Waals surface area (Å²) < 4.78 is 7.09. The van der Waals surface area contributed by atoms with Gasteiger partial charge < -0.3 is 10.1 Å². The van der Waals surface area contributed by atoms with Gasteiger partial charge in [0.15, 0.2) is 5.65 Å². The molecule has 1 fully saturated rings. The number of benzene rings is 1. The van der Waals surface area contributed by atoms with Gasteiger partial charge in [-0.2, -0.15) is 0 Å². The first-order chi connectivity index (χ1) is 11.4. The maximum absolute atomic E-state index is 5.75. The van der Waals surface area contributed by atoms with Crippen LogP contribution in [0.5, 0.6) is 11.6 Å². The van der Waals surface area contributed by atoms with Crippen molar-refractivity contribution in [3.05, 3.63) is 36.4 Å². The topological polar surface area (TPSA) is 77.2 Å². The number of nitrogens with one attached hydrogen (secondary N) is 1. The van der Waals surface area contributed by atoms with Gasteiger partial charge in [0.05, 0.1) is 0 Å². The molecule has 1 aliphatic carbocycles. The summed E-state index contributed by atoms with van der Waals surface area (Å²) in [7, 11) is 0. The fourth-order valence-corrected chi connectivity index (χ4v) is 2.91. The Morgan fingerprint density at radius 2 is 1.83 bits per heavy atom. The van der Waals surface area contributed by atoms with Gasteiger partial charge in [0.1, 0.15) is 5.75 Å². The molecule has 0 radical (unpaired) electrons. The van der Waals surface area contributed by atoms with Gasteiger partial charge in [0.25, 0.3) is 0 Å². The number of anilines is 1. The highest BCUT2D eigenvalue weighted by Gasteiger charge is 2.12. The predicted molar refractivity (Wildman–Crippen MR) is 85.6 cm³/mol. The number of aromatic nitrogens is 5. The minimum absolute atomic E-state index is 0.456. The molecule has 0 spiro atoms. The third-order valence-corrected chi connectivity index (χ3v) is 4.10. The van der Waals surface area contributed by atoms with Crippen molar-refractivity contribution >= 4 is 11.3 Å². The van der Waals surface area contributed by atoms with Crippen LogP contribution in [0.1, 0.15) is 32.1 Å². The van der Waals surface area contributed by atoms with Crippen molar-refractivity contribution in [2.45, 2.75) is 38.1 Å². The van der Waals surface area contributed by atoms with E-state index in [1.54, 1.807) is 12.1 Å². The van der Waals surface area contributed by atoms with Crippen LogP contribution in [-0.2, 0) is 0 Å². The zero-order valence-electron chi connectivity index (χ0n) is 12.7. The molecule has 0 atom stereocenters. The van der Waals surface area contributed by atoms with Crippen LogP contribution in [0.3, 0.4) is 0 Å². The molecule has 1 aliphatic rings. The summed E-state index contributed by atoms with van der Waals surface area (Å²) in [4.78, 5) is 0. The Morgan fingerprint density at radius 1 is 1.00 bits per heavy atom. The van der Waals surface area contributed by atoms with Crippen LogP contribution in [0, 0.1) is 0 Å². The van der Waals surface area contributed by atoms with Gasteiger partial charge in [0.2, 0.25) is 5.88 Å². The lowest BCUT2D eigenvalue weighted by atomic mass is 9.95. The van der Waals surface area contributed by atoms with Crippen molar-refractivity contribution in [3.8, 4) is 11.6 Å². The Labute approximate surface area is 133 Å². The van der Waals surface area contributed by atoms with Crippen LogP contribution in [-0.4, -0.2) is 31.3 Å². The van der Waals surface area contributed by atoms with Gasteiger partial charge >= 0.3 is 0 Å². The van der Waals surface area contributed by atoms with E-state index in [1.807, 2.05) is 24.3 Å². The molecule has 0 aliphatic heterocycles. The molecule has 1 aromatic carbocycles. The standard InChI is InChI=1S/C16H18N6O/c1-2-4-12(5-3-1)17-13-6-8-14(9-7-13)23-16-11-10-15-18-20-21-22(15)19-16/h6-12,17H,1-5H2. The Hall–Kier alpha value is -2.70. The van der Waals surface area contributed by atoms with Crippen molar-refractivity contribution in [3.63, 3.8) is 0 Å². The van der Waals surface area contributed by atoms with Gasteiger partial charge in [0, 0.05) is 17.8 Å². The fraction of sp³-hybridized carbons (Fsp3) is 0.375. The van der Waals surface area contributed by atoms with Crippen LogP contribution in [0.25, 0.3) is 5.65 Å². The van der Waals surface area contributed by atoms with E-state index in [2.05, 4.69) is 25.9 Å². The molecule has 118 valence electrons. The second-order valence-electron chi connectivity index (χ2n) is 5.80. The molecule has 3 aromatic rings. The largest absolute Gasteiger partial charge is 0.438 e. The molecular formula is C16H18N6O. The van der Waals surface area contributed by atoms with Crippen molar-refractivity contribution in [2.75, 3.05) is 5.32 Å². The highest BCUT2D eigenvalue weighted by molar-refractivity contribution is 5.47. The molecule has 0 unspecified atom stereocenters. The minimum Gasteiger partial charge on any atom is -0.438 e. The average Bonchev–Trinajstić information content (AvgIpc) is 3.05. The highest BCUT2D eigenvalue weighted by atomic mass is 16.5. The second-order valence-corrected chi connectivity index (χ2v) is 5.80. The summed E-state index contributed by atoms with van der Waals surface area (Å²) in [5.74, 6) is 1.19. The first kappa shape index (κ1) is 13.9. The molecule has 7 heteroatoms. The first-order valence-electron chi connectivity index (χ1n) is 7.97. The van der Waals surface area contributed by atoms with Gasteiger partial charge in [-0.1, -0.05) is 19.3 Å². The zero-order chi connectivity index (χ0) is 15.5. The third-order valence-electron chi connectivity index (χ3n) is 4.10. The molecule has 2 aromatic heterocycles. The van der Waals surface area contributed by atoms with E-state index in [0.717, 1.165) is 11.4 Å². The zero-order valence-corrected chi connectivity index (χ0v) is 12.7. The number of fused-ring (bicyclic) bond motifs is 1.